The number of fused-ring (bicyclic) bond motifs is 9. The highest BCUT2D eigenvalue weighted by Gasteiger charge is 2.18. The summed E-state index contributed by atoms with van der Waals surface area (Å²) in [6.45, 7) is 0. The number of benzene rings is 7. The zero-order valence-electron chi connectivity index (χ0n) is 24.2. The van der Waals surface area contributed by atoms with E-state index in [4.69, 9.17) is 8.83 Å². The first kappa shape index (κ1) is 24.4. The Morgan fingerprint density at radius 2 is 0.822 bits per heavy atom. The predicted octanol–water partition coefficient (Wildman–Crippen LogP) is 11.9. The SMILES string of the molecule is c1ccc(-n2c3cc(-c4cccc5c4oc4ccccc45)ccc3c3ccc(-c4cccc5c4oc4ccccc45)cc32)cc1. The Bertz CT molecular complexity index is 2590. The van der Waals surface area contributed by atoms with Crippen molar-refractivity contribution in [1.82, 2.24) is 4.57 Å². The summed E-state index contributed by atoms with van der Waals surface area (Å²) in [6.07, 6.45) is 0. The average molecular weight is 576 g/mol. The van der Waals surface area contributed by atoms with Gasteiger partial charge in [-0.25, -0.2) is 0 Å². The molecule has 0 fully saturated rings. The molecule has 0 aliphatic carbocycles. The molecule has 45 heavy (non-hydrogen) atoms. The van der Waals surface area contributed by atoms with Gasteiger partial charge in [0, 0.05) is 49.1 Å². The van der Waals surface area contributed by atoms with Gasteiger partial charge in [0.05, 0.1) is 11.0 Å². The van der Waals surface area contributed by atoms with E-state index in [1.807, 2.05) is 24.3 Å². The van der Waals surface area contributed by atoms with Gasteiger partial charge in [0.25, 0.3) is 0 Å². The van der Waals surface area contributed by atoms with E-state index in [9.17, 15) is 0 Å². The minimum absolute atomic E-state index is 0.909. The molecule has 0 amide bonds. The fourth-order valence-corrected chi connectivity index (χ4v) is 7.16. The molecular weight excluding hydrogens is 550 g/mol. The number of para-hydroxylation sites is 5. The minimum Gasteiger partial charge on any atom is -0.455 e. The highest BCUT2D eigenvalue weighted by atomic mass is 16.3. The number of nitrogens with zero attached hydrogens (tertiary/aromatic N) is 1. The van der Waals surface area contributed by atoms with Gasteiger partial charge in [-0.1, -0.05) is 115 Å². The van der Waals surface area contributed by atoms with Gasteiger partial charge < -0.3 is 13.4 Å². The van der Waals surface area contributed by atoms with Crippen LogP contribution in [0.15, 0.2) is 160 Å². The van der Waals surface area contributed by atoms with E-state index >= 15 is 0 Å². The lowest BCUT2D eigenvalue weighted by Crippen LogP contribution is -1.94. The Hall–Kier alpha value is -6.06. The van der Waals surface area contributed by atoms with Gasteiger partial charge in [0.1, 0.15) is 22.3 Å². The fourth-order valence-electron chi connectivity index (χ4n) is 7.16. The first-order valence-electron chi connectivity index (χ1n) is 15.3. The Morgan fingerprint density at radius 1 is 0.356 bits per heavy atom. The lowest BCUT2D eigenvalue weighted by atomic mass is 9.99. The summed E-state index contributed by atoms with van der Waals surface area (Å²) in [7, 11) is 0. The maximum absolute atomic E-state index is 6.43. The van der Waals surface area contributed by atoms with Gasteiger partial charge >= 0.3 is 0 Å². The lowest BCUT2D eigenvalue weighted by Gasteiger charge is -2.10. The molecule has 10 rings (SSSR count). The number of aromatic nitrogens is 1. The molecular formula is C42H25NO2. The van der Waals surface area contributed by atoms with Gasteiger partial charge in [-0.2, -0.15) is 0 Å². The van der Waals surface area contributed by atoms with Crippen LogP contribution in [0.2, 0.25) is 0 Å². The highest BCUT2D eigenvalue weighted by Crippen LogP contribution is 2.41. The molecule has 0 radical (unpaired) electrons. The maximum Gasteiger partial charge on any atom is 0.143 e. The summed E-state index contributed by atoms with van der Waals surface area (Å²) in [6, 6.07) is 53.6. The summed E-state index contributed by atoms with van der Waals surface area (Å²) in [5, 5.41) is 6.97. The molecule has 0 aliphatic rings. The second-order valence-electron chi connectivity index (χ2n) is 11.7. The average Bonchev–Trinajstić information content (AvgIpc) is 3.77. The van der Waals surface area contributed by atoms with Crippen LogP contribution in [0.5, 0.6) is 0 Å². The third kappa shape index (κ3) is 3.52. The largest absolute Gasteiger partial charge is 0.455 e. The van der Waals surface area contributed by atoms with Crippen LogP contribution < -0.4 is 0 Å². The second-order valence-corrected chi connectivity index (χ2v) is 11.7. The van der Waals surface area contributed by atoms with Crippen molar-refractivity contribution < 1.29 is 8.83 Å². The van der Waals surface area contributed by atoms with Crippen LogP contribution >= 0.6 is 0 Å². The highest BCUT2D eigenvalue weighted by molar-refractivity contribution is 6.14. The van der Waals surface area contributed by atoms with Crippen molar-refractivity contribution in [2.45, 2.75) is 0 Å². The van der Waals surface area contributed by atoms with Crippen molar-refractivity contribution in [1.29, 1.82) is 0 Å². The zero-order valence-corrected chi connectivity index (χ0v) is 24.2. The molecule has 10 aromatic rings. The summed E-state index contributed by atoms with van der Waals surface area (Å²) in [5.41, 5.74) is 11.5. The summed E-state index contributed by atoms with van der Waals surface area (Å²) in [4.78, 5) is 0. The molecule has 0 saturated heterocycles. The third-order valence-corrected chi connectivity index (χ3v) is 9.21. The summed E-state index contributed by atoms with van der Waals surface area (Å²) >= 11 is 0. The first-order valence-corrected chi connectivity index (χ1v) is 15.3. The predicted molar refractivity (Wildman–Crippen MR) is 186 cm³/mol. The molecule has 0 atom stereocenters. The minimum atomic E-state index is 0.909. The molecule has 0 N–H and O–H groups in total. The normalized spacial score (nSPS) is 12.0. The van der Waals surface area contributed by atoms with Crippen LogP contribution in [0.25, 0.3) is 93.6 Å². The van der Waals surface area contributed by atoms with E-state index in [0.29, 0.717) is 0 Å². The monoisotopic (exact) mass is 575 g/mol. The van der Waals surface area contributed by atoms with Crippen LogP contribution in [0, 0.1) is 0 Å². The Labute approximate surface area is 258 Å². The van der Waals surface area contributed by atoms with E-state index < -0.39 is 0 Å². The molecule has 7 aromatic carbocycles. The molecule has 0 aliphatic heterocycles. The van der Waals surface area contributed by atoms with E-state index in [1.165, 1.54) is 10.8 Å². The first-order chi connectivity index (χ1) is 22.3. The van der Waals surface area contributed by atoms with E-state index in [2.05, 4.69) is 132 Å². The zero-order chi connectivity index (χ0) is 29.5. The van der Waals surface area contributed by atoms with Gasteiger partial charge in [-0.15, -0.1) is 0 Å². The number of rotatable bonds is 3. The fraction of sp³-hybridized carbons (Fsp3) is 0. The lowest BCUT2D eigenvalue weighted by molar-refractivity contribution is 0.669. The van der Waals surface area contributed by atoms with Gasteiger partial charge in [-0.05, 0) is 47.5 Å². The van der Waals surface area contributed by atoms with E-state index in [0.717, 1.165) is 82.9 Å². The molecule has 3 heterocycles. The van der Waals surface area contributed by atoms with E-state index in [1.54, 1.807) is 0 Å². The molecule has 0 bridgehead atoms. The third-order valence-electron chi connectivity index (χ3n) is 9.21. The summed E-state index contributed by atoms with van der Waals surface area (Å²) in [5.74, 6) is 0. The van der Waals surface area contributed by atoms with E-state index in [-0.39, 0.29) is 0 Å². The van der Waals surface area contributed by atoms with Crippen LogP contribution in [-0.2, 0) is 0 Å². The van der Waals surface area contributed by atoms with Crippen LogP contribution in [-0.4, -0.2) is 4.57 Å². The standard InChI is InChI=1S/C42H25NO2/c1-2-10-28(11-3-1)43-37-24-26(29-14-8-16-35-33-12-4-6-18-39(33)44-41(29)35)20-22-31(37)32-23-21-27(25-38(32)43)30-15-9-17-36-34-13-5-7-19-40(34)45-42(30)36/h1-25H. The van der Waals surface area contributed by atoms with Crippen molar-refractivity contribution in [2.24, 2.45) is 0 Å². The molecule has 0 unspecified atom stereocenters. The number of hydrogen-bond donors (Lipinski definition) is 0. The molecule has 3 nitrogen and oxygen atoms in total. The topological polar surface area (TPSA) is 31.2 Å². The van der Waals surface area contributed by atoms with Crippen LogP contribution in [0.3, 0.4) is 0 Å². The maximum atomic E-state index is 6.43. The van der Waals surface area contributed by atoms with Crippen molar-refractivity contribution in [3.8, 4) is 27.9 Å². The number of furan rings is 2. The molecule has 0 spiro atoms. The van der Waals surface area contributed by atoms with Gasteiger partial charge in [0.2, 0.25) is 0 Å². The second kappa shape index (κ2) is 9.22. The quantitative estimate of drug-likeness (QED) is 0.210. The van der Waals surface area contributed by atoms with Gasteiger partial charge in [0.15, 0.2) is 0 Å². The van der Waals surface area contributed by atoms with Crippen LogP contribution in [0.4, 0.5) is 0 Å². The van der Waals surface area contributed by atoms with Crippen molar-refractivity contribution in [2.75, 3.05) is 0 Å². The summed E-state index contributed by atoms with van der Waals surface area (Å²) < 4.78 is 15.2. The Kier molecular flexibility index (Phi) is 5.00. The van der Waals surface area contributed by atoms with Crippen molar-refractivity contribution in [3.63, 3.8) is 0 Å². The van der Waals surface area contributed by atoms with Crippen LogP contribution in [0.1, 0.15) is 0 Å². The smallest absolute Gasteiger partial charge is 0.143 e. The van der Waals surface area contributed by atoms with Crippen molar-refractivity contribution >= 4 is 65.7 Å². The van der Waals surface area contributed by atoms with Gasteiger partial charge in [-0.3, -0.25) is 0 Å². The molecule has 3 heteroatoms. The molecule has 0 saturated carbocycles. The molecule has 3 aromatic heterocycles. The Morgan fingerprint density at radius 3 is 1.36 bits per heavy atom. The van der Waals surface area contributed by atoms with Crippen molar-refractivity contribution in [3.05, 3.63) is 152 Å². The number of hydrogen-bond acceptors (Lipinski definition) is 2. The molecule has 210 valence electrons. The Balaban J connectivity index is 1.24.